The second-order valence-corrected chi connectivity index (χ2v) is 25.2. The summed E-state index contributed by atoms with van der Waals surface area (Å²) in [5.74, 6) is 0.706. The summed E-state index contributed by atoms with van der Waals surface area (Å²) < 4.78 is 0. The van der Waals surface area contributed by atoms with E-state index >= 15 is 0 Å². The van der Waals surface area contributed by atoms with Crippen LogP contribution in [0.3, 0.4) is 0 Å². The monoisotopic (exact) mass is 662 g/mol. The fourth-order valence-corrected chi connectivity index (χ4v) is 20.1. The highest BCUT2D eigenvalue weighted by Gasteiger charge is 2.41. The van der Waals surface area contributed by atoms with Crippen molar-refractivity contribution in [3.05, 3.63) is 141 Å². The number of allylic oxidation sites excluding steroid dienone is 2. The van der Waals surface area contributed by atoms with E-state index < -0.39 is 15.8 Å². The predicted molar refractivity (Wildman–Crippen MR) is 214 cm³/mol. The smallest absolute Gasteiger partial charge is 0.0154 e. The van der Waals surface area contributed by atoms with Crippen molar-refractivity contribution in [3.8, 4) is 0 Å². The molecule has 0 radical (unpaired) electrons. The Bertz CT molecular complexity index is 1980. The van der Waals surface area contributed by atoms with Crippen LogP contribution in [0.4, 0.5) is 0 Å². The van der Waals surface area contributed by atoms with E-state index in [1.165, 1.54) is 58.3 Å². The first-order valence-corrected chi connectivity index (χ1v) is 23.1. The van der Waals surface area contributed by atoms with Crippen LogP contribution >= 0.6 is 0 Å². The number of fused-ring (bicyclic) bond motifs is 2. The van der Waals surface area contributed by atoms with Gasteiger partial charge in [-0.25, -0.2) is 0 Å². The number of aryl methyl sites for hydroxylation is 1. The zero-order valence-corrected chi connectivity index (χ0v) is 32.8. The normalized spacial score (nSPS) is 18.7. The van der Waals surface area contributed by atoms with E-state index in [4.69, 9.17) is 0 Å². The Morgan fingerprint density at radius 1 is 0.583 bits per heavy atom. The Balaban J connectivity index is 1.46. The molecule has 0 saturated heterocycles. The lowest BCUT2D eigenvalue weighted by molar-refractivity contribution is 0.589. The molecule has 2 atom stereocenters. The van der Waals surface area contributed by atoms with Crippen LogP contribution in [0, 0.1) is 6.92 Å². The maximum atomic E-state index is 2.63. The minimum Gasteiger partial charge on any atom is -0.0652 e. The first kappa shape index (κ1) is 33.3. The summed E-state index contributed by atoms with van der Waals surface area (Å²) in [6.45, 7) is 21.5. The molecule has 0 amide bonds. The quantitative estimate of drug-likeness (QED) is 0.173. The molecule has 1 saturated carbocycles. The molecular weight excluding hydrogens is 609 g/mol. The van der Waals surface area contributed by atoms with Crippen molar-refractivity contribution in [1.82, 2.24) is 0 Å². The third-order valence-electron chi connectivity index (χ3n) is 11.4. The van der Waals surface area contributed by atoms with Gasteiger partial charge >= 0.3 is 0 Å². The number of hydrogen-bond donors (Lipinski definition) is 0. The molecule has 0 aromatic heterocycles. The summed E-state index contributed by atoms with van der Waals surface area (Å²) in [5, 5.41) is 0. The predicted octanol–water partition coefficient (Wildman–Crippen LogP) is 12.6. The lowest BCUT2D eigenvalue weighted by Gasteiger charge is -2.32. The highest BCUT2D eigenvalue weighted by Crippen LogP contribution is 2.53. The van der Waals surface area contributed by atoms with Gasteiger partial charge in [-0.1, -0.05) is 165 Å². The van der Waals surface area contributed by atoms with Gasteiger partial charge < -0.3 is 0 Å². The van der Waals surface area contributed by atoms with Gasteiger partial charge in [0, 0.05) is 19.0 Å². The Hall–Kier alpha value is -3.21. The van der Waals surface area contributed by atoms with E-state index in [9.17, 15) is 0 Å². The molecule has 0 heterocycles. The van der Waals surface area contributed by atoms with Crippen LogP contribution in [-0.2, 0) is 10.8 Å². The van der Waals surface area contributed by atoms with Gasteiger partial charge in [0.2, 0.25) is 0 Å². The highest BCUT2D eigenvalue weighted by molar-refractivity contribution is 6.99. The maximum Gasteiger partial charge on any atom is 0.0154 e. The molecule has 246 valence electrons. The Labute approximate surface area is 293 Å². The zero-order chi connectivity index (χ0) is 34.0. The van der Waals surface area contributed by atoms with Gasteiger partial charge in [-0.05, 0) is 111 Å². The van der Waals surface area contributed by atoms with Crippen LogP contribution in [0.5, 0.6) is 0 Å². The molecule has 0 spiro atoms. The van der Waals surface area contributed by atoms with Crippen LogP contribution in [0.2, 0.25) is 12.1 Å². The van der Waals surface area contributed by atoms with Crippen molar-refractivity contribution < 1.29 is 0 Å². The molecule has 2 unspecified atom stereocenters. The van der Waals surface area contributed by atoms with Crippen LogP contribution < -0.4 is 0 Å². The molecule has 4 aromatic rings. The largest absolute Gasteiger partial charge is 0.0652 e. The van der Waals surface area contributed by atoms with Gasteiger partial charge in [0.15, 0.2) is 0 Å². The third kappa shape index (κ3) is 5.98. The van der Waals surface area contributed by atoms with Gasteiger partial charge in [0.05, 0.1) is 0 Å². The van der Waals surface area contributed by atoms with Gasteiger partial charge in [-0.15, -0.1) is 0 Å². The Kier molecular flexibility index (Phi) is 8.74. The standard InChI is InChI=1S/C46H54Si2/c1-10-47(11-2)48(43-37-18-14-12-16-32(37)27-41(43)36-24-22-34(26-30(36)3)45(4,5)6)44-38-19-15-13-17-33(38)28-42(44)39-25-23-35(46(7,8)9)29-40(39)31-20-21-31/h12-19,22-29,31,43-44H,10-11,20-21H2,1-9H3. The van der Waals surface area contributed by atoms with E-state index in [2.05, 4.69) is 159 Å². The molecule has 0 nitrogen and oxygen atoms in total. The van der Waals surface area contributed by atoms with Crippen molar-refractivity contribution in [1.29, 1.82) is 0 Å². The molecule has 0 aliphatic heterocycles. The molecule has 4 aromatic carbocycles. The van der Waals surface area contributed by atoms with Crippen molar-refractivity contribution in [3.63, 3.8) is 0 Å². The molecule has 0 N–H and O–H groups in total. The lowest BCUT2D eigenvalue weighted by atomic mass is 9.83. The van der Waals surface area contributed by atoms with Crippen LogP contribution in [0.25, 0.3) is 23.3 Å². The second kappa shape index (κ2) is 12.6. The summed E-state index contributed by atoms with van der Waals surface area (Å²) in [7, 11) is -1.66. The summed E-state index contributed by atoms with van der Waals surface area (Å²) in [6, 6.07) is 36.5. The van der Waals surface area contributed by atoms with Gasteiger partial charge in [-0.2, -0.15) is 0 Å². The van der Waals surface area contributed by atoms with E-state index in [1.54, 1.807) is 33.4 Å². The highest BCUT2D eigenvalue weighted by atomic mass is 28.9. The summed E-state index contributed by atoms with van der Waals surface area (Å²) >= 11 is 0. The number of rotatable bonds is 7. The maximum absolute atomic E-state index is 2.63. The van der Waals surface area contributed by atoms with E-state index in [0.29, 0.717) is 17.0 Å². The summed E-state index contributed by atoms with van der Waals surface area (Å²) in [6.07, 6.45) is 7.87. The second-order valence-electron chi connectivity index (χ2n) is 16.7. The summed E-state index contributed by atoms with van der Waals surface area (Å²) in [5.41, 5.74) is 19.5. The fraction of sp³-hybridized carbons (Fsp3) is 0.391. The minimum atomic E-state index is -1.00. The van der Waals surface area contributed by atoms with Crippen molar-refractivity contribution >= 4 is 39.1 Å². The fourth-order valence-electron chi connectivity index (χ4n) is 8.50. The van der Waals surface area contributed by atoms with Gasteiger partial charge in [0.25, 0.3) is 0 Å². The van der Waals surface area contributed by atoms with Crippen molar-refractivity contribution in [2.75, 3.05) is 0 Å². The van der Waals surface area contributed by atoms with Crippen molar-refractivity contribution in [2.24, 2.45) is 0 Å². The van der Waals surface area contributed by atoms with E-state index in [1.807, 2.05) is 0 Å². The first-order valence-electron chi connectivity index (χ1n) is 18.5. The summed E-state index contributed by atoms with van der Waals surface area (Å²) in [4.78, 5) is 0. The lowest BCUT2D eigenvalue weighted by Crippen LogP contribution is -2.32. The Morgan fingerprint density at radius 2 is 1.06 bits per heavy atom. The van der Waals surface area contributed by atoms with E-state index in [-0.39, 0.29) is 10.8 Å². The van der Waals surface area contributed by atoms with Gasteiger partial charge in [0.1, 0.15) is 0 Å². The molecule has 3 aliphatic rings. The van der Waals surface area contributed by atoms with Crippen LogP contribution in [0.1, 0.15) is 141 Å². The van der Waals surface area contributed by atoms with Crippen molar-refractivity contribution in [2.45, 2.75) is 115 Å². The SMILES string of the molecule is CC[Si](CC)=[Si](C1C(c2ccc(C(C)(C)C)cc2C)=Cc2ccccc21)C1C(c2ccc(C(C)(C)C)cc2C2CC2)=Cc2ccccc21. The molecule has 3 aliphatic carbocycles. The molecule has 48 heavy (non-hydrogen) atoms. The topological polar surface area (TPSA) is 0 Å². The van der Waals surface area contributed by atoms with E-state index in [0.717, 1.165) is 0 Å². The average molecular weight is 663 g/mol. The molecular formula is C46H54Si2. The minimum absolute atomic E-state index is 0.139. The first-order chi connectivity index (χ1) is 22.9. The third-order valence-corrected chi connectivity index (χ3v) is 22.7. The number of benzene rings is 4. The van der Waals surface area contributed by atoms with Crippen LogP contribution in [0.15, 0.2) is 84.9 Å². The Morgan fingerprint density at radius 3 is 1.54 bits per heavy atom. The molecule has 2 heteroatoms. The molecule has 7 rings (SSSR count). The molecule has 0 bridgehead atoms. The average Bonchev–Trinajstić information content (AvgIpc) is 3.74. The van der Waals surface area contributed by atoms with Crippen LogP contribution in [-0.4, -0.2) is 15.8 Å². The number of hydrogen-bond acceptors (Lipinski definition) is 0. The molecule has 1 fully saturated rings. The van der Waals surface area contributed by atoms with Gasteiger partial charge in [-0.3, -0.25) is 0 Å². The zero-order valence-electron chi connectivity index (χ0n) is 30.8.